The van der Waals surface area contributed by atoms with Crippen LogP contribution < -0.4 is 0 Å². The molecular weight excluding hydrogens is 322 g/mol. The van der Waals surface area contributed by atoms with E-state index in [9.17, 15) is 4.79 Å². The van der Waals surface area contributed by atoms with Gasteiger partial charge in [0.05, 0.1) is 0 Å². The zero-order valence-corrected chi connectivity index (χ0v) is 11.5. The molecule has 82 valence electrons. The minimum absolute atomic E-state index is 0.0921. The molecule has 0 heterocycles. The second kappa shape index (κ2) is 7.01. The molecule has 15 heavy (non-hydrogen) atoms. The van der Waals surface area contributed by atoms with Gasteiger partial charge in [0.15, 0.2) is 0 Å². The molecule has 0 fully saturated rings. The van der Waals surface area contributed by atoms with Gasteiger partial charge in [-0.3, -0.25) is 4.79 Å². The van der Waals surface area contributed by atoms with Gasteiger partial charge in [-0.25, -0.2) is 0 Å². The van der Waals surface area contributed by atoms with E-state index in [4.69, 9.17) is 0 Å². The number of amides is 1. The van der Waals surface area contributed by atoms with Crippen LogP contribution in [0.25, 0.3) is 0 Å². The Bertz CT molecular complexity index is 297. The summed E-state index contributed by atoms with van der Waals surface area (Å²) in [6, 6.07) is 9.37. The molecule has 2 nitrogen and oxygen atoms in total. The summed E-state index contributed by atoms with van der Waals surface area (Å²) in [7, 11) is 0. The molecule has 0 aliphatic carbocycles. The van der Waals surface area contributed by atoms with Gasteiger partial charge in [-0.1, -0.05) is 50.1 Å². The lowest BCUT2D eigenvalue weighted by Crippen LogP contribution is -2.34. The van der Waals surface area contributed by atoms with Crippen LogP contribution in [0.5, 0.6) is 0 Å². The predicted molar refractivity (Wildman–Crippen MR) is 69.9 cm³/mol. The Hall–Kier alpha value is -0.350. The Balaban J connectivity index is 2.71. The molecule has 0 aliphatic heterocycles. The van der Waals surface area contributed by atoms with Gasteiger partial charge in [0, 0.05) is 29.3 Å². The highest BCUT2D eigenvalue weighted by Gasteiger charge is 2.13. The number of carbonyl (C=O) groups excluding carboxylic acids is 1. The Labute approximate surface area is 107 Å². The maximum atomic E-state index is 12.0. The Morgan fingerprint density at radius 1 is 1.07 bits per heavy atom. The number of benzene rings is 1. The smallest absolute Gasteiger partial charge is 0.253 e. The fourth-order valence-corrected chi connectivity index (χ4v) is 2.14. The van der Waals surface area contributed by atoms with Crippen molar-refractivity contribution in [1.82, 2.24) is 4.90 Å². The van der Waals surface area contributed by atoms with Gasteiger partial charge in [-0.2, -0.15) is 0 Å². The molecule has 1 aromatic carbocycles. The first-order chi connectivity index (χ1) is 7.29. The molecule has 0 spiro atoms. The average molecular weight is 335 g/mol. The molecule has 1 amide bonds. The van der Waals surface area contributed by atoms with Crippen molar-refractivity contribution < 1.29 is 4.79 Å². The number of carbonyl (C=O) groups is 1. The molecule has 4 heteroatoms. The van der Waals surface area contributed by atoms with Crippen molar-refractivity contribution in [2.24, 2.45) is 0 Å². The second-order valence-corrected chi connectivity index (χ2v) is 4.62. The Morgan fingerprint density at radius 3 is 2.07 bits per heavy atom. The molecule has 0 aliphatic rings. The van der Waals surface area contributed by atoms with Gasteiger partial charge < -0.3 is 4.90 Å². The maximum absolute atomic E-state index is 12.0. The lowest BCUT2D eigenvalue weighted by atomic mass is 10.2. The molecule has 1 aromatic rings. The van der Waals surface area contributed by atoms with E-state index >= 15 is 0 Å². The van der Waals surface area contributed by atoms with E-state index in [-0.39, 0.29) is 5.91 Å². The number of alkyl halides is 2. The van der Waals surface area contributed by atoms with Crippen LogP contribution >= 0.6 is 31.9 Å². The van der Waals surface area contributed by atoms with E-state index in [1.807, 2.05) is 35.2 Å². The van der Waals surface area contributed by atoms with Crippen LogP contribution in [0.4, 0.5) is 0 Å². The van der Waals surface area contributed by atoms with Gasteiger partial charge in [-0.15, -0.1) is 0 Å². The molecular formula is C11H13Br2NO. The van der Waals surface area contributed by atoms with Crippen molar-refractivity contribution in [3.63, 3.8) is 0 Å². The molecule has 0 saturated carbocycles. The first kappa shape index (κ1) is 12.7. The third kappa shape index (κ3) is 3.95. The fraction of sp³-hybridized carbons (Fsp3) is 0.364. The molecule has 0 N–H and O–H groups in total. The predicted octanol–water partition coefficient (Wildman–Crippen LogP) is 2.92. The number of halogens is 2. The molecule has 1 rings (SSSR count). The van der Waals surface area contributed by atoms with Crippen molar-refractivity contribution >= 4 is 37.8 Å². The largest absolute Gasteiger partial charge is 0.337 e. The maximum Gasteiger partial charge on any atom is 0.253 e. The van der Waals surface area contributed by atoms with E-state index in [0.29, 0.717) is 0 Å². The van der Waals surface area contributed by atoms with Gasteiger partial charge in [0.25, 0.3) is 5.91 Å². The van der Waals surface area contributed by atoms with E-state index in [2.05, 4.69) is 31.9 Å². The summed E-state index contributed by atoms with van der Waals surface area (Å²) in [5.41, 5.74) is 0.749. The summed E-state index contributed by atoms with van der Waals surface area (Å²) < 4.78 is 0. The first-order valence-electron chi connectivity index (χ1n) is 4.76. The van der Waals surface area contributed by atoms with Gasteiger partial charge >= 0.3 is 0 Å². The number of nitrogens with zero attached hydrogens (tertiary/aromatic N) is 1. The number of rotatable bonds is 5. The quantitative estimate of drug-likeness (QED) is 0.758. The summed E-state index contributed by atoms with van der Waals surface area (Å²) >= 11 is 6.70. The summed E-state index contributed by atoms with van der Waals surface area (Å²) in [5.74, 6) is 0.0921. The second-order valence-electron chi connectivity index (χ2n) is 3.04. The van der Waals surface area contributed by atoms with Crippen LogP contribution in [0.1, 0.15) is 10.4 Å². The Kier molecular flexibility index (Phi) is 5.95. The van der Waals surface area contributed by atoms with Crippen LogP contribution in [-0.4, -0.2) is 34.6 Å². The minimum atomic E-state index is 0.0921. The topological polar surface area (TPSA) is 20.3 Å². The Morgan fingerprint density at radius 2 is 1.60 bits per heavy atom. The summed E-state index contributed by atoms with van der Waals surface area (Å²) in [6.45, 7) is 1.47. The number of hydrogen-bond acceptors (Lipinski definition) is 1. The SMILES string of the molecule is O=C(c1ccccc1)N(CCBr)CCBr. The molecule has 0 atom stereocenters. The highest BCUT2D eigenvalue weighted by Crippen LogP contribution is 2.05. The van der Waals surface area contributed by atoms with E-state index in [1.54, 1.807) is 0 Å². The lowest BCUT2D eigenvalue weighted by Gasteiger charge is -2.20. The zero-order valence-electron chi connectivity index (χ0n) is 8.33. The normalized spacial score (nSPS) is 10.0. The molecule has 0 radical (unpaired) electrons. The van der Waals surface area contributed by atoms with Crippen LogP contribution in [0, 0.1) is 0 Å². The first-order valence-corrected chi connectivity index (χ1v) is 7.00. The van der Waals surface area contributed by atoms with Gasteiger partial charge in [0.2, 0.25) is 0 Å². The zero-order chi connectivity index (χ0) is 11.1. The van der Waals surface area contributed by atoms with Crippen molar-refractivity contribution in [3.05, 3.63) is 35.9 Å². The molecule has 0 aromatic heterocycles. The van der Waals surface area contributed by atoms with E-state index < -0.39 is 0 Å². The fourth-order valence-electron chi connectivity index (χ4n) is 1.28. The van der Waals surface area contributed by atoms with E-state index in [0.717, 1.165) is 29.3 Å². The van der Waals surface area contributed by atoms with Crippen LogP contribution in [0.15, 0.2) is 30.3 Å². The summed E-state index contributed by atoms with van der Waals surface area (Å²) in [5, 5.41) is 1.61. The van der Waals surface area contributed by atoms with Crippen molar-refractivity contribution in [3.8, 4) is 0 Å². The highest BCUT2D eigenvalue weighted by atomic mass is 79.9. The third-order valence-corrected chi connectivity index (χ3v) is 2.73. The lowest BCUT2D eigenvalue weighted by molar-refractivity contribution is 0.0777. The van der Waals surface area contributed by atoms with Crippen molar-refractivity contribution in [1.29, 1.82) is 0 Å². The van der Waals surface area contributed by atoms with E-state index in [1.165, 1.54) is 0 Å². The average Bonchev–Trinajstić information content (AvgIpc) is 2.29. The number of hydrogen-bond donors (Lipinski definition) is 0. The van der Waals surface area contributed by atoms with Crippen molar-refractivity contribution in [2.45, 2.75) is 0 Å². The van der Waals surface area contributed by atoms with Gasteiger partial charge in [0.1, 0.15) is 0 Å². The molecule has 0 bridgehead atoms. The monoisotopic (exact) mass is 333 g/mol. The van der Waals surface area contributed by atoms with Crippen LogP contribution in [-0.2, 0) is 0 Å². The van der Waals surface area contributed by atoms with Crippen LogP contribution in [0.2, 0.25) is 0 Å². The molecule has 0 saturated heterocycles. The van der Waals surface area contributed by atoms with Crippen LogP contribution in [0.3, 0.4) is 0 Å². The minimum Gasteiger partial charge on any atom is -0.337 e. The standard InChI is InChI=1S/C11H13Br2NO/c12-6-8-14(9-7-13)11(15)10-4-2-1-3-5-10/h1-5H,6-9H2. The van der Waals surface area contributed by atoms with Gasteiger partial charge in [-0.05, 0) is 12.1 Å². The summed E-state index contributed by atoms with van der Waals surface area (Å²) in [6.07, 6.45) is 0. The highest BCUT2D eigenvalue weighted by molar-refractivity contribution is 9.09. The molecule has 0 unspecified atom stereocenters. The third-order valence-electron chi connectivity index (χ3n) is 2.02. The van der Waals surface area contributed by atoms with Crippen molar-refractivity contribution in [2.75, 3.05) is 23.7 Å². The summed E-state index contributed by atoms with van der Waals surface area (Å²) in [4.78, 5) is 13.8.